The lowest BCUT2D eigenvalue weighted by Crippen LogP contribution is -2.31. The van der Waals surface area contributed by atoms with Crippen molar-refractivity contribution in [2.45, 2.75) is 38.6 Å². The van der Waals surface area contributed by atoms with Crippen LogP contribution in [0.5, 0.6) is 0 Å². The molecule has 0 atom stereocenters. The van der Waals surface area contributed by atoms with Crippen molar-refractivity contribution in [3.63, 3.8) is 0 Å². The molecule has 0 unspecified atom stereocenters. The van der Waals surface area contributed by atoms with Gasteiger partial charge in [0.25, 0.3) is 0 Å². The van der Waals surface area contributed by atoms with E-state index < -0.39 is 0 Å². The van der Waals surface area contributed by atoms with Crippen LogP contribution in [0.3, 0.4) is 0 Å². The van der Waals surface area contributed by atoms with Crippen LogP contribution in [-0.4, -0.2) is 24.4 Å². The number of hydrazine groups is 1. The summed E-state index contributed by atoms with van der Waals surface area (Å²) in [6, 6.07) is 1.84. The molecule has 1 fully saturated rings. The number of rotatable bonds is 5. The van der Waals surface area contributed by atoms with Crippen LogP contribution in [0.25, 0.3) is 0 Å². The van der Waals surface area contributed by atoms with E-state index in [0.717, 1.165) is 24.6 Å². The first kappa shape index (κ1) is 14.1. The average Bonchev–Trinajstić information content (AvgIpc) is 2.87. The van der Waals surface area contributed by atoms with Gasteiger partial charge in [0.2, 0.25) is 0 Å². The largest absolute Gasteiger partial charge is 0.459 e. The summed E-state index contributed by atoms with van der Waals surface area (Å²) in [7, 11) is 2.09. The van der Waals surface area contributed by atoms with Gasteiger partial charge in [0.15, 0.2) is 5.76 Å². The number of carbonyl (C=O) groups is 1. The lowest BCUT2D eigenvalue weighted by Gasteiger charge is -2.26. The highest BCUT2D eigenvalue weighted by atomic mass is 16.3. The summed E-state index contributed by atoms with van der Waals surface area (Å²) in [5, 5.41) is 0. The number of carbonyl (C=O) groups excluding carboxylic acids is 1. The number of amides is 1. The van der Waals surface area contributed by atoms with Gasteiger partial charge in [-0.2, -0.15) is 0 Å². The Balaban J connectivity index is 1.89. The maximum atomic E-state index is 11.5. The van der Waals surface area contributed by atoms with Gasteiger partial charge in [0.05, 0.1) is 6.26 Å². The number of nitrogens with one attached hydrogen (secondary N) is 1. The number of hydrogen-bond donors (Lipinski definition) is 2. The van der Waals surface area contributed by atoms with Gasteiger partial charge < -0.3 is 9.32 Å². The molecule has 1 saturated carbocycles. The average molecular weight is 265 g/mol. The SMILES string of the molecule is CN(Cc1ccoc1C(=O)NN)CC1CCCCC1. The van der Waals surface area contributed by atoms with E-state index in [-0.39, 0.29) is 5.91 Å². The molecule has 1 amide bonds. The molecule has 0 radical (unpaired) electrons. The molecular weight excluding hydrogens is 242 g/mol. The summed E-state index contributed by atoms with van der Waals surface area (Å²) in [6.45, 7) is 1.80. The molecule has 0 aromatic carbocycles. The monoisotopic (exact) mass is 265 g/mol. The van der Waals surface area contributed by atoms with E-state index >= 15 is 0 Å². The Morgan fingerprint density at radius 3 is 2.89 bits per heavy atom. The van der Waals surface area contributed by atoms with Crippen LogP contribution in [0.15, 0.2) is 16.7 Å². The highest BCUT2D eigenvalue weighted by molar-refractivity contribution is 5.92. The zero-order valence-electron chi connectivity index (χ0n) is 11.5. The van der Waals surface area contributed by atoms with E-state index in [4.69, 9.17) is 10.3 Å². The maximum Gasteiger partial charge on any atom is 0.301 e. The van der Waals surface area contributed by atoms with Crippen LogP contribution < -0.4 is 11.3 Å². The molecule has 1 aromatic rings. The van der Waals surface area contributed by atoms with E-state index in [1.54, 1.807) is 0 Å². The Labute approximate surface area is 114 Å². The standard InChI is InChI=1S/C14H23N3O2/c1-17(9-11-5-3-2-4-6-11)10-12-7-8-19-13(12)14(18)16-15/h7-8,11H,2-6,9-10,15H2,1H3,(H,16,18). The molecule has 1 aromatic heterocycles. The number of hydrogen-bond acceptors (Lipinski definition) is 4. The summed E-state index contributed by atoms with van der Waals surface area (Å²) >= 11 is 0. The number of nitrogen functional groups attached to an aromatic ring is 1. The van der Waals surface area contributed by atoms with E-state index in [1.165, 1.54) is 38.4 Å². The molecule has 0 saturated heterocycles. The second-order valence-electron chi connectivity index (χ2n) is 5.45. The van der Waals surface area contributed by atoms with Crippen LogP contribution in [0.2, 0.25) is 0 Å². The van der Waals surface area contributed by atoms with E-state index in [2.05, 4.69) is 17.4 Å². The van der Waals surface area contributed by atoms with Crippen molar-refractivity contribution in [3.05, 3.63) is 23.7 Å². The van der Waals surface area contributed by atoms with Crippen molar-refractivity contribution < 1.29 is 9.21 Å². The fourth-order valence-corrected chi connectivity index (χ4v) is 2.89. The Morgan fingerprint density at radius 2 is 2.21 bits per heavy atom. The van der Waals surface area contributed by atoms with Gasteiger partial charge in [-0.15, -0.1) is 0 Å². The van der Waals surface area contributed by atoms with Crippen LogP contribution in [0.4, 0.5) is 0 Å². The molecule has 5 nitrogen and oxygen atoms in total. The van der Waals surface area contributed by atoms with Gasteiger partial charge in [-0.05, 0) is 31.9 Å². The number of nitrogens with two attached hydrogens (primary N) is 1. The van der Waals surface area contributed by atoms with E-state index in [9.17, 15) is 4.79 Å². The van der Waals surface area contributed by atoms with Gasteiger partial charge in [-0.25, -0.2) is 5.84 Å². The summed E-state index contributed by atoms with van der Waals surface area (Å²) < 4.78 is 5.19. The molecule has 19 heavy (non-hydrogen) atoms. The molecule has 2 rings (SSSR count). The predicted molar refractivity (Wildman–Crippen MR) is 73.3 cm³/mol. The van der Waals surface area contributed by atoms with Crippen molar-refractivity contribution >= 4 is 5.91 Å². The van der Waals surface area contributed by atoms with E-state index in [1.807, 2.05) is 6.07 Å². The molecule has 0 bridgehead atoms. The zero-order valence-corrected chi connectivity index (χ0v) is 11.5. The number of nitrogens with zero attached hydrogens (tertiary/aromatic N) is 1. The molecule has 1 aliphatic carbocycles. The van der Waals surface area contributed by atoms with Gasteiger partial charge in [-0.1, -0.05) is 19.3 Å². The lowest BCUT2D eigenvalue weighted by atomic mass is 9.89. The van der Waals surface area contributed by atoms with Crippen LogP contribution in [0, 0.1) is 5.92 Å². The van der Waals surface area contributed by atoms with Crippen molar-refractivity contribution in [2.75, 3.05) is 13.6 Å². The molecular formula is C14H23N3O2. The predicted octanol–water partition coefficient (Wildman–Crippen LogP) is 1.90. The summed E-state index contributed by atoms with van der Waals surface area (Å²) in [4.78, 5) is 13.8. The first-order valence-electron chi connectivity index (χ1n) is 6.96. The second-order valence-corrected chi connectivity index (χ2v) is 5.45. The fourth-order valence-electron chi connectivity index (χ4n) is 2.89. The quantitative estimate of drug-likeness (QED) is 0.484. The van der Waals surface area contributed by atoms with E-state index in [0.29, 0.717) is 5.76 Å². The molecule has 0 aliphatic heterocycles. The van der Waals surface area contributed by atoms with Crippen LogP contribution in [0.1, 0.15) is 48.2 Å². The third-order valence-electron chi connectivity index (χ3n) is 3.82. The van der Waals surface area contributed by atoms with Gasteiger partial charge in [0.1, 0.15) is 0 Å². The summed E-state index contributed by atoms with van der Waals surface area (Å²) in [5.74, 6) is 5.88. The lowest BCUT2D eigenvalue weighted by molar-refractivity contribution is 0.0923. The smallest absolute Gasteiger partial charge is 0.301 e. The summed E-state index contributed by atoms with van der Waals surface area (Å²) in [5.41, 5.74) is 3.00. The Kier molecular flexibility index (Phi) is 4.99. The first-order chi connectivity index (χ1) is 9.20. The zero-order chi connectivity index (χ0) is 13.7. The third-order valence-corrected chi connectivity index (χ3v) is 3.82. The fraction of sp³-hybridized carbons (Fsp3) is 0.643. The summed E-state index contributed by atoms with van der Waals surface area (Å²) in [6.07, 6.45) is 8.27. The normalized spacial score (nSPS) is 16.8. The van der Waals surface area contributed by atoms with Crippen molar-refractivity contribution in [3.8, 4) is 0 Å². The Morgan fingerprint density at radius 1 is 1.47 bits per heavy atom. The molecule has 106 valence electrons. The molecule has 3 N–H and O–H groups in total. The minimum absolute atomic E-state index is 0.318. The van der Waals surface area contributed by atoms with Crippen LogP contribution in [-0.2, 0) is 6.54 Å². The second kappa shape index (κ2) is 6.73. The van der Waals surface area contributed by atoms with Crippen molar-refractivity contribution in [1.29, 1.82) is 0 Å². The van der Waals surface area contributed by atoms with Crippen LogP contribution >= 0.6 is 0 Å². The minimum atomic E-state index is -0.369. The Bertz CT molecular complexity index is 411. The highest BCUT2D eigenvalue weighted by Crippen LogP contribution is 2.24. The molecule has 1 heterocycles. The van der Waals surface area contributed by atoms with Gasteiger partial charge in [-0.3, -0.25) is 10.2 Å². The third kappa shape index (κ3) is 3.81. The molecule has 0 spiro atoms. The van der Waals surface area contributed by atoms with Crippen molar-refractivity contribution in [2.24, 2.45) is 11.8 Å². The highest BCUT2D eigenvalue weighted by Gasteiger charge is 2.18. The van der Waals surface area contributed by atoms with Crippen molar-refractivity contribution in [1.82, 2.24) is 10.3 Å². The molecule has 1 aliphatic rings. The maximum absolute atomic E-state index is 11.5. The molecule has 5 heteroatoms. The van der Waals surface area contributed by atoms with Gasteiger partial charge in [0, 0.05) is 18.7 Å². The minimum Gasteiger partial charge on any atom is -0.459 e. The number of furan rings is 1. The van der Waals surface area contributed by atoms with Gasteiger partial charge >= 0.3 is 5.91 Å². The first-order valence-corrected chi connectivity index (χ1v) is 6.96. The Hall–Kier alpha value is -1.33. The topological polar surface area (TPSA) is 71.5 Å².